The van der Waals surface area contributed by atoms with E-state index in [9.17, 15) is 19.2 Å². The minimum atomic E-state index is -0.475. The van der Waals surface area contributed by atoms with Crippen molar-refractivity contribution < 1.29 is 19.2 Å². The van der Waals surface area contributed by atoms with Crippen molar-refractivity contribution in [3.63, 3.8) is 0 Å². The maximum Gasteiger partial charge on any atom is 0.234 e. The van der Waals surface area contributed by atoms with E-state index in [4.69, 9.17) is 5.73 Å². The van der Waals surface area contributed by atoms with Gasteiger partial charge in [0.15, 0.2) is 0 Å². The third-order valence-electron chi connectivity index (χ3n) is 14.9. The van der Waals surface area contributed by atoms with Gasteiger partial charge in [-0.3, -0.25) is 29.0 Å². The van der Waals surface area contributed by atoms with Gasteiger partial charge in [0, 0.05) is 58.9 Å². The molecule has 12 nitrogen and oxygen atoms in total. The van der Waals surface area contributed by atoms with Crippen LogP contribution in [0.15, 0.2) is 0 Å². The molecule has 0 aromatic heterocycles. The van der Waals surface area contributed by atoms with Gasteiger partial charge in [-0.25, -0.2) is 0 Å². The lowest BCUT2D eigenvalue weighted by molar-refractivity contribution is -0.128. The van der Waals surface area contributed by atoms with E-state index in [-0.39, 0.29) is 43.3 Å². The van der Waals surface area contributed by atoms with E-state index in [1.54, 1.807) is 0 Å². The summed E-state index contributed by atoms with van der Waals surface area (Å²) >= 11 is 0. The van der Waals surface area contributed by atoms with E-state index in [2.05, 4.69) is 54.3 Å². The Morgan fingerprint density at radius 2 is 0.595 bits per heavy atom. The molecule has 0 aromatic carbocycles. The maximum atomic E-state index is 13.3. The highest BCUT2D eigenvalue weighted by Crippen LogP contribution is 2.16. The van der Waals surface area contributed by atoms with Crippen LogP contribution in [0.2, 0.25) is 0 Å². The second kappa shape index (κ2) is 58.4. The average molecular weight is 1050 g/mol. The quantitative estimate of drug-likeness (QED) is 0.0328. The summed E-state index contributed by atoms with van der Waals surface area (Å²) in [5.41, 5.74) is 6.05. The molecule has 1 unspecified atom stereocenters. The van der Waals surface area contributed by atoms with E-state index in [0.717, 1.165) is 51.4 Å². The largest absolute Gasteiger partial charge is 0.368 e. The van der Waals surface area contributed by atoms with E-state index in [0.29, 0.717) is 65.3 Å². The van der Waals surface area contributed by atoms with Crippen molar-refractivity contribution in [2.24, 2.45) is 5.73 Å². The van der Waals surface area contributed by atoms with E-state index in [1.807, 2.05) is 9.80 Å². The van der Waals surface area contributed by atoms with Crippen LogP contribution in [0.1, 0.15) is 291 Å². The number of nitrogens with one attached hydrogen (secondary N) is 5. The Bertz CT molecular complexity index is 1190. The molecule has 0 spiro atoms. The molecule has 0 rings (SSSR count). The molecule has 1 atom stereocenters. The van der Waals surface area contributed by atoms with Gasteiger partial charge < -0.3 is 32.3 Å². The first-order chi connectivity index (χ1) is 36.3. The molecular formula is C62H126N8O4. The zero-order valence-electron chi connectivity index (χ0n) is 49.7. The lowest BCUT2D eigenvalue weighted by Gasteiger charge is -2.29. The lowest BCUT2D eigenvalue weighted by Crippen LogP contribution is -2.51. The van der Waals surface area contributed by atoms with Crippen LogP contribution >= 0.6 is 0 Å². The number of hydrogen-bond donors (Lipinski definition) is 6. The first kappa shape index (κ1) is 71.7. The minimum absolute atomic E-state index is 0.0236. The van der Waals surface area contributed by atoms with Crippen LogP contribution in [-0.2, 0) is 19.2 Å². The molecule has 0 aliphatic heterocycles. The summed E-state index contributed by atoms with van der Waals surface area (Å²) < 4.78 is 0. The first-order valence-corrected chi connectivity index (χ1v) is 32.3. The highest BCUT2D eigenvalue weighted by atomic mass is 16.2. The molecule has 0 aromatic rings. The van der Waals surface area contributed by atoms with Crippen LogP contribution in [0.4, 0.5) is 0 Å². The van der Waals surface area contributed by atoms with E-state index >= 15 is 0 Å². The molecular weight excluding hydrogens is 921 g/mol. The molecule has 0 bridgehead atoms. The Morgan fingerprint density at radius 3 is 0.905 bits per heavy atom. The summed E-state index contributed by atoms with van der Waals surface area (Å²) in [6, 6.07) is -0.475. The highest BCUT2D eigenvalue weighted by Gasteiger charge is 2.25. The third-order valence-corrected chi connectivity index (χ3v) is 14.9. The summed E-state index contributed by atoms with van der Waals surface area (Å²) in [6.45, 7) is 15.4. The molecule has 0 aliphatic rings. The molecule has 0 aliphatic carbocycles. The smallest absolute Gasteiger partial charge is 0.234 e. The van der Waals surface area contributed by atoms with Crippen LogP contribution in [0, 0.1) is 0 Å². The molecule has 0 fully saturated rings. The average Bonchev–Trinajstić information content (AvgIpc) is 3.38. The fourth-order valence-corrected chi connectivity index (χ4v) is 10.1. The van der Waals surface area contributed by atoms with Crippen LogP contribution in [0.5, 0.6) is 0 Å². The van der Waals surface area contributed by atoms with Gasteiger partial charge >= 0.3 is 0 Å². The second-order valence-electron chi connectivity index (χ2n) is 22.2. The van der Waals surface area contributed by atoms with Crippen molar-refractivity contribution in [3.8, 4) is 0 Å². The first-order valence-electron chi connectivity index (χ1n) is 32.3. The molecule has 0 radical (unpaired) electrons. The molecule has 0 heterocycles. The normalized spacial score (nSPS) is 12.0. The van der Waals surface area contributed by atoms with Gasteiger partial charge in [-0.05, 0) is 25.7 Å². The number of carbonyl (C=O) groups is 4. The molecule has 0 saturated heterocycles. The summed E-state index contributed by atoms with van der Waals surface area (Å²) in [5, 5.41) is 16.4. The Kier molecular flexibility index (Phi) is 56.6. The summed E-state index contributed by atoms with van der Waals surface area (Å²) in [4.78, 5) is 56.3. The number of unbranched alkanes of at least 4 members (excludes halogenated alkanes) is 36. The van der Waals surface area contributed by atoms with Crippen molar-refractivity contribution >= 4 is 23.6 Å². The topological polar surface area (TPSA) is 161 Å². The highest BCUT2D eigenvalue weighted by molar-refractivity contribution is 5.82. The van der Waals surface area contributed by atoms with E-state index in [1.165, 1.54) is 205 Å². The predicted octanol–water partition coefficient (Wildman–Crippen LogP) is 13.0. The molecule has 4 amide bonds. The predicted molar refractivity (Wildman–Crippen MR) is 318 cm³/mol. The number of hydrogen-bond acceptors (Lipinski definition) is 8. The van der Waals surface area contributed by atoms with Gasteiger partial charge in [-0.15, -0.1) is 0 Å². The van der Waals surface area contributed by atoms with Crippen molar-refractivity contribution in [1.82, 2.24) is 36.4 Å². The van der Waals surface area contributed by atoms with Gasteiger partial charge in [0.05, 0.1) is 25.7 Å². The number of carbonyl (C=O) groups excluding carboxylic acids is 4. The third kappa shape index (κ3) is 51.8. The summed E-state index contributed by atoms with van der Waals surface area (Å²) in [7, 11) is 0. The van der Waals surface area contributed by atoms with E-state index < -0.39 is 6.04 Å². The molecule has 0 saturated carbocycles. The van der Waals surface area contributed by atoms with Crippen LogP contribution in [0.25, 0.3) is 0 Å². The second-order valence-corrected chi connectivity index (χ2v) is 22.2. The maximum absolute atomic E-state index is 13.3. The molecule has 438 valence electrons. The zero-order chi connectivity index (χ0) is 54.1. The molecule has 74 heavy (non-hydrogen) atoms. The van der Waals surface area contributed by atoms with Crippen molar-refractivity contribution in [2.75, 3.05) is 78.5 Å². The van der Waals surface area contributed by atoms with Gasteiger partial charge in [0.2, 0.25) is 23.6 Å². The lowest BCUT2D eigenvalue weighted by atomic mass is 10.0. The van der Waals surface area contributed by atoms with Gasteiger partial charge in [-0.2, -0.15) is 0 Å². The molecule has 12 heteroatoms. The fourth-order valence-electron chi connectivity index (χ4n) is 10.1. The van der Waals surface area contributed by atoms with Crippen LogP contribution in [-0.4, -0.2) is 118 Å². The van der Waals surface area contributed by atoms with Crippen molar-refractivity contribution in [2.45, 2.75) is 297 Å². The van der Waals surface area contributed by atoms with Gasteiger partial charge in [0.1, 0.15) is 0 Å². The number of nitrogens with two attached hydrogens (primary N) is 1. The Morgan fingerprint density at radius 1 is 0.324 bits per heavy atom. The summed E-state index contributed by atoms with van der Waals surface area (Å²) in [5.74, 6) is -0.440. The standard InChI is InChI=1S/C62H126N8O4/c1-5-9-13-17-21-25-29-33-37-41-45-58(62(63)74)70(57-61(73)68-48-44-40-36-32-28-24-20-16-12-8-4)54-52-65-50-49-64-51-53-69(55-59(71)66-46-42-38-34-30-26-22-18-14-10-6-2)56-60(72)67-47-43-39-35-31-27-23-19-15-11-7-3/h58,64-65H,5-57H2,1-4H3,(H2,63,74)(H,66,71)(H,67,72)(H,68,73). The number of primary amides is 1. The Balaban J connectivity index is 5.05. The fraction of sp³-hybridized carbons (Fsp3) is 0.935. The minimum Gasteiger partial charge on any atom is -0.368 e. The number of nitrogens with zero attached hydrogens (tertiary/aromatic N) is 2. The van der Waals surface area contributed by atoms with Crippen molar-refractivity contribution in [3.05, 3.63) is 0 Å². The SMILES string of the molecule is CCCCCCCCCCCCNC(=O)CN(CCNCCNCCN(CC(=O)NCCCCCCCCCCCC)C(CCCCCCCCCCCC)C(N)=O)CC(=O)NCCCCCCCCCCCC. The molecule has 7 N–H and O–H groups in total. The zero-order valence-corrected chi connectivity index (χ0v) is 49.7. The Hall–Kier alpha value is -2.28. The number of amides is 4. The van der Waals surface area contributed by atoms with Crippen LogP contribution in [0.3, 0.4) is 0 Å². The van der Waals surface area contributed by atoms with Crippen LogP contribution < -0.4 is 32.3 Å². The van der Waals surface area contributed by atoms with Crippen molar-refractivity contribution in [1.29, 1.82) is 0 Å². The Labute approximate surface area is 458 Å². The van der Waals surface area contributed by atoms with Gasteiger partial charge in [-0.1, -0.05) is 265 Å². The summed E-state index contributed by atoms with van der Waals surface area (Å²) in [6.07, 6.45) is 50.7. The monoisotopic (exact) mass is 1050 g/mol. The number of rotatable bonds is 61. The van der Waals surface area contributed by atoms with Gasteiger partial charge in [0.25, 0.3) is 0 Å².